The molecular weight excluding hydrogens is 304 g/mol. The van der Waals surface area contributed by atoms with Gasteiger partial charge in [-0.1, -0.05) is 23.7 Å². The molecular formula is C16H15ClN2O3. The largest absolute Gasteiger partial charge is 0.484 e. The van der Waals surface area contributed by atoms with Crippen molar-refractivity contribution in [3.05, 3.63) is 59.1 Å². The number of ether oxygens (including phenoxy) is 1. The number of rotatable bonds is 5. The minimum Gasteiger partial charge on any atom is -0.484 e. The van der Waals surface area contributed by atoms with E-state index in [4.69, 9.17) is 16.3 Å². The summed E-state index contributed by atoms with van der Waals surface area (Å²) in [4.78, 5) is 23.6. The highest BCUT2D eigenvalue weighted by atomic mass is 35.5. The zero-order valence-electron chi connectivity index (χ0n) is 11.9. The van der Waals surface area contributed by atoms with Crippen molar-refractivity contribution in [2.24, 2.45) is 0 Å². The van der Waals surface area contributed by atoms with Crippen LogP contribution in [0.4, 0.5) is 5.69 Å². The third-order valence-electron chi connectivity index (χ3n) is 2.86. The summed E-state index contributed by atoms with van der Waals surface area (Å²) in [6.07, 6.45) is 0. The number of anilines is 1. The Kier molecular flexibility index (Phi) is 5.38. The highest BCUT2D eigenvalue weighted by molar-refractivity contribution is 6.30. The molecule has 0 saturated carbocycles. The molecule has 0 aliphatic carbocycles. The van der Waals surface area contributed by atoms with E-state index in [1.54, 1.807) is 48.5 Å². The first-order chi connectivity index (χ1) is 10.6. The number of amides is 2. The maximum Gasteiger partial charge on any atom is 0.262 e. The lowest BCUT2D eigenvalue weighted by atomic mass is 10.1. The van der Waals surface area contributed by atoms with Crippen LogP contribution in [0.5, 0.6) is 5.75 Å². The van der Waals surface area contributed by atoms with Crippen molar-refractivity contribution < 1.29 is 14.3 Å². The van der Waals surface area contributed by atoms with Gasteiger partial charge in [-0.25, -0.2) is 0 Å². The second kappa shape index (κ2) is 7.47. The van der Waals surface area contributed by atoms with Gasteiger partial charge < -0.3 is 15.4 Å². The summed E-state index contributed by atoms with van der Waals surface area (Å²) >= 11 is 5.77. The van der Waals surface area contributed by atoms with Gasteiger partial charge in [0, 0.05) is 12.1 Å². The number of halogens is 1. The topological polar surface area (TPSA) is 67.4 Å². The molecule has 0 fully saturated rings. The molecule has 114 valence electrons. The maximum absolute atomic E-state index is 11.9. The predicted octanol–water partition coefficient (Wildman–Crippen LogP) is 2.72. The highest BCUT2D eigenvalue weighted by Gasteiger charge is 2.12. The Bertz CT molecular complexity index is 671. The van der Waals surface area contributed by atoms with E-state index in [0.717, 1.165) is 0 Å². The van der Waals surface area contributed by atoms with Crippen LogP contribution in [0.1, 0.15) is 10.4 Å². The van der Waals surface area contributed by atoms with E-state index in [0.29, 0.717) is 22.0 Å². The van der Waals surface area contributed by atoms with Crippen molar-refractivity contribution in [1.29, 1.82) is 0 Å². The Morgan fingerprint density at radius 1 is 1.09 bits per heavy atom. The number of benzene rings is 2. The Morgan fingerprint density at radius 3 is 2.45 bits per heavy atom. The molecule has 2 aromatic rings. The van der Waals surface area contributed by atoms with E-state index >= 15 is 0 Å². The summed E-state index contributed by atoms with van der Waals surface area (Å²) in [6.45, 7) is -0.163. The van der Waals surface area contributed by atoms with Crippen LogP contribution in [0, 0.1) is 0 Å². The van der Waals surface area contributed by atoms with Gasteiger partial charge in [0.1, 0.15) is 5.75 Å². The predicted molar refractivity (Wildman–Crippen MR) is 85.4 cm³/mol. The van der Waals surface area contributed by atoms with Gasteiger partial charge in [0.2, 0.25) is 0 Å². The zero-order chi connectivity index (χ0) is 15.9. The fourth-order valence-corrected chi connectivity index (χ4v) is 1.92. The maximum atomic E-state index is 11.9. The first kappa shape index (κ1) is 15.9. The number of nitrogens with one attached hydrogen (secondary N) is 2. The van der Waals surface area contributed by atoms with Crippen molar-refractivity contribution in [3.8, 4) is 5.75 Å². The Morgan fingerprint density at radius 2 is 1.77 bits per heavy atom. The molecule has 2 rings (SSSR count). The molecule has 0 aromatic heterocycles. The smallest absolute Gasteiger partial charge is 0.262 e. The lowest BCUT2D eigenvalue weighted by molar-refractivity contribution is -0.118. The van der Waals surface area contributed by atoms with Crippen molar-refractivity contribution in [2.75, 3.05) is 19.0 Å². The summed E-state index contributed by atoms with van der Waals surface area (Å²) in [5, 5.41) is 5.77. The molecule has 0 unspecified atom stereocenters. The van der Waals surface area contributed by atoms with E-state index in [1.807, 2.05) is 0 Å². The molecule has 0 saturated heterocycles. The number of carbonyl (C=O) groups excluding carboxylic acids is 2. The van der Waals surface area contributed by atoms with Gasteiger partial charge >= 0.3 is 0 Å². The minimum absolute atomic E-state index is 0.163. The van der Waals surface area contributed by atoms with Crippen molar-refractivity contribution >= 4 is 29.1 Å². The van der Waals surface area contributed by atoms with Crippen molar-refractivity contribution in [1.82, 2.24) is 5.32 Å². The molecule has 0 atom stereocenters. The molecule has 2 N–H and O–H groups in total. The van der Waals surface area contributed by atoms with E-state index in [1.165, 1.54) is 7.05 Å². The van der Waals surface area contributed by atoms with Crippen LogP contribution in [0.3, 0.4) is 0 Å². The summed E-state index contributed by atoms with van der Waals surface area (Å²) in [5.41, 5.74) is 0.830. The fraction of sp³-hybridized carbons (Fsp3) is 0.125. The summed E-state index contributed by atoms with van der Waals surface area (Å²) in [5.74, 6) is -0.0834. The molecule has 22 heavy (non-hydrogen) atoms. The molecule has 0 spiro atoms. The number of carbonyl (C=O) groups is 2. The quantitative estimate of drug-likeness (QED) is 0.890. The zero-order valence-corrected chi connectivity index (χ0v) is 12.7. The molecule has 0 aliphatic rings. The van der Waals surface area contributed by atoms with Gasteiger partial charge in [-0.05, 0) is 36.4 Å². The third kappa shape index (κ3) is 4.23. The SMILES string of the molecule is CNC(=O)c1ccccc1NC(=O)COc1ccc(Cl)cc1. The van der Waals surface area contributed by atoms with Crippen molar-refractivity contribution in [3.63, 3.8) is 0 Å². The molecule has 5 nitrogen and oxygen atoms in total. The molecule has 0 bridgehead atoms. The average Bonchev–Trinajstić information content (AvgIpc) is 2.54. The molecule has 2 aromatic carbocycles. The molecule has 0 heterocycles. The van der Waals surface area contributed by atoms with Gasteiger partial charge in [-0.3, -0.25) is 9.59 Å². The average molecular weight is 319 g/mol. The van der Waals surface area contributed by atoms with Crippen LogP contribution < -0.4 is 15.4 Å². The van der Waals surface area contributed by atoms with Crippen LogP contribution in [0.25, 0.3) is 0 Å². The second-order valence-corrected chi connectivity index (χ2v) is 4.85. The molecule has 6 heteroatoms. The first-order valence-corrected chi connectivity index (χ1v) is 6.97. The van der Waals surface area contributed by atoms with E-state index in [-0.39, 0.29) is 18.4 Å². The number of hydrogen-bond donors (Lipinski definition) is 2. The van der Waals surface area contributed by atoms with Gasteiger partial charge in [0.25, 0.3) is 11.8 Å². The number of hydrogen-bond acceptors (Lipinski definition) is 3. The molecule has 2 amide bonds. The van der Waals surface area contributed by atoms with Crippen LogP contribution in [-0.2, 0) is 4.79 Å². The second-order valence-electron chi connectivity index (χ2n) is 4.42. The van der Waals surface area contributed by atoms with Crippen LogP contribution in [0.15, 0.2) is 48.5 Å². The van der Waals surface area contributed by atoms with Gasteiger partial charge in [-0.2, -0.15) is 0 Å². The van der Waals surface area contributed by atoms with Gasteiger partial charge in [0.05, 0.1) is 11.3 Å². The fourth-order valence-electron chi connectivity index (χ4n) is 1.79. The Labute approximate surface area is 133 Å². The standard InChI is InChI=1S/C16H15ClN2O3/c1-18-16(21)13-4-2-3-5-14(13)19-15(20)10-22-12-8-6-11(17)7-9-12/h2-9H,10H2,1H3,(H,18,21)(H,19,20). The summed E-state index contributed by atoms with van der Waals surface area (Å²) in [6, 6.07) is 13.5. The normalized spacial score (nSPS) is 9.91. The van der Waals surface area contributed by atoms with Gasteiger partial charge in [-0.15, -0.1) is 0 Å². The highest BCUT2D eigenvalue weighted by Crippen LogP contribution is 2.17. The van der Waals surface area contributed by atoms with E-state index < -0.39 is 0 Å². The Hall–Kier alpha value is -2.53. The number of para-hydroxylation sites is 1. The van der Waals surface area contributed by atoms with Crippen LogP contribution >= 0.6 is 11.6 Å². The lowest BCUT2D eigenvalue weighted by Crippen LogP contribution is -2.24. The van der Waals surface area contributed by atoms with Crippen LogP contribution in [0.2, 0.25) is 5.02 Å². The van der Waals surface area contributed by atoms with Gasteiger partial charge in [0.15, 0.2) is 6.61 Å². The minimum atomic E-state index is -0.355. The summed E-state index contributed by atoms with van der Waals surface area (Å²) < 4.78 is 5.35. The van der Waals surface area contributed by atoms with E-state index in [9.17, 15) is 9.59 Å². The lowest BCUT2D eigenvalue weighted by Gasteiger charge is -2.10. The molecule has 0 radical (unpaired) electrons. The first-order valence-electron chi connectivity index (χ1n) is 6.59. The monoisotopic (exact) mass is 318 g/mol. The third-order valence-corrected chi connectivity index (χ3v) is 3.11. The summed E-state index contributed by atoms with van der Waals surface area (Å²) in [7, 11) is 1.53. The van der Waals surface area contributed by atoms with Crippen molar-refractivity contribution in [2.45, 2.75) is 0 Å². The van der Waals surface area contributed by atoms with Crippen LogP contribution in [-0.4, -0.2) is 25.5 Å². The van der Waals surface area contributed by atoms with E-state index in [2.05, 4.69) is 10.6 Å². The molecule has 0 aliphatic heterocycles. The Balaban J connectivity index is 1.97.